The first-order valence-electron chi connectivity index (χ1n) is 8.84. The minimum Gasteiger partial charge on any atom is -0.504 e. The van der Waals surface area contributed by atoms with Crippen LogP contribution >= 0.6 is 11.6 Å². The number of hydrogen-bond donors (Lipinski definition) is 3. The van der Waals surface area contributed by atoms with E-state index in [1.54, 1.807) is 60.7 Å². The van der Waals surface area contributed by atoms with Crippen LogP contribution in [-0.4, -0.2) is 30.2 Å². The van der Waals surface area contributed by atoms with Crippen molar-refractivity contribution in [2.75, 3.05) is 12.4 Å². The summed E-state index contributed by atoms with van der Waals surface area (Å²) < 4.78 is 5.02. The molecule has 152 valence electrons. The molecule has 0 aliphatic carbocycles. The molecular weight excluding hydrogens is 406 g/mol. The van der Waals surface area contributed by atoms with Gasteiger partial charge >= 0.3 is 0 Å². The Morgan fingerprint density at radius 1 is 1.03 bits per heavy atom. The number of nitrogens with zero attached hydrogens (tertiary/aromatic N) is 1. The Bertz CT molecular complexity index is 1100. The highest BCUT2D eigenvalue weighted by Crippen LogP contribution is 2.25. The first-order valence-corrected chi connectivity index (χ1v) is 9.22. The minimum atomic E-state index is -0.416. The van der Waals surface area contributed by atoms with Gasteiger partial charge < -0.3 is 15.2 Å². The molecule has 2 amide bonds. The fraction of sp³-hybridized carbons (Fsp3) is 0.0455. The van der Waals surface area contributed by atoms with E-state index in [0.29, 0.717) is 33.1 Å². The van der Waals surface area contributed by atoms with Gasteiger partial charge in [0.25, 0.3) is 11.8 Å². The maximum atomic E-state index is 12.3. The maximum Gasteiger partial charge on any atom is 0.271 e. The number of hydrogen-bond acceptors (Lipinski definition) is 5. The SMILES string of the molecule is COc1cc(C=NNC(=O)c2ccc(NC(=O)c3ccccc3Cl)cc2)ccc1O. The van der Waals surface area contributed by atoms with E-state index >= 15 is 0 Å². The van der Waals surface area contributed by atoms with E-state index in [0.717, 1.165) is 0 Å². The van der Waals surface area contributed by atoms with Crippen molar-refractivity contribution in [3.63, 3.8) is 0 Å². The van der Waals surface area contributed by atoms with E-state index in [2.05, 4.69) is 15.8 Å². The van der Waals surface area contributed by atoms with Gasteiger partial charge in [-0.25, -0.2) is 5.43 Å². The average Bonchev–Trinajstić information content (AvgIpc) is 2.75. The van der Waals surface area contributed by atoms with Crippen LogP contribution in [0.4, 0.5) is 5.69 Å². The maximum absolute atomic E-state index is 12.3. The van der Waals surface area contributed by atoms with Crippen molar-refractivity contribution >= 4 is 35.3 Å². The van der Waals surface area contributed by atoms with Crippen LogP contribution in [-0.2, 0) is 0 Å². The summed E-state index contributed by atoms with van der Waals surface area (Å²) in [6.07, 6.45) is 1.43. The smallest absolute Gasteiger partial charge is 0.271 e. The van der Waals surface area contributed by atoms with E-state index in [1.807, 2.05) is 0 Å². The molecule has 3 aromatic rings. The fourth-order valence-corrected chi connectivity index (χ4v) is 2.77. The van der Waals surface area contributed by atoms with Crippen molar-refractivity contribution in [3.8, 4) is 11.5 Å². The third-order valence-electron chi connectivity index (χ3n) is 4.11. The number of phenols is 1. The molecule has 3 rings (SSSR count). The molecule has 30 heavy (non-hydrogen) atoms. The Hall–Kier alpha value is -3.84. The monoisotopic (exact) mass is 423 g/mol. The standard InChI is InChI=1S/C22H18ClN3O4/c1-30-20-12-14(6-11-19(20)27)13-24-26-21(28)15-7-9-16(10-8-15)25-22(29)17-4-2-3-5-18(17)23/h2-13,27H,1H3,(H,25,29)(H,26,28). The molecular formula is C22H18ClN3O4. The molecule has 0 bridgehead atoms. The summed E-state index contributed by atoms with van der Waals surface area (Å²) in [5, 5.41) is 16.6. The highest BCUT2D eigenvalue weighted by molar-refractivity contribution is 6.34. The van der Waals surface area contributed by atoms with Crippen LogP contribution in [0.25, 0.3) is 0 Å². The lowest BCUT2D eigenvalue weighted by atomic mass is 10.1. The number of carbonyl (C=O) groups excluding carboxylic acids is 2. The van der Waals surface area contributed by atoms with Gasteiger partial charge in [-0.3, -0.25) is 9.59 Å². The zero-order valence-electron chi connectivity index (χ0n) is 15.9. The number of ether oxygens (including phenoxy) is 1. The minimum absolute atomic E-state index is 0.0143. The van der Waals surface area contributed by atoms with Crippen molar-refractivity contribution in [3.05, 3.63) is 88.4 Å². The fourth-order valence-electron chi connectivity index (χ4n) is 2.55. The van der Waals surface area contributed by atoms with Crippen LogP contribution in [0.5, 0.6) is 11.5 Å². The van der Waals surface area contributed by atoms with Gasteiger partial charge in [-0.2, -0.15) is 5.10 Å². The lowest BCUT2D eigenvalue weighted by molar-refractivity contribution is 0.0954. The summed E-state index contributed by atoms with van der Waals surface area (Å²) in [4.78, 5) is 24.5. The average molecular weight is 424 g/mol. The number of rotatable bonds is 6. The number of aromatic hydroxyl groups is 1. The zero-order valence-corrected chi connectivity index (χ0v) is 16.7. The number of amides is 2. The normalized spacial score (nSPS) is 10.6. The summed E-state index contributed by atoms with van der Waals surface area (Å²) in [5.41, 5.74) is 4.31. The van der Waals surface area contributed by atoms with Crippen molar-refractivity contribution in [2.45, 2.75) is 0 Å². The first kappa shape index (κ1) is 20.9. The van der Waals surface area contributed by atoms with Crippen LogP contribution in [0.15, 0.2) is 71.8 Å². The van der Waals surface area contributed by atoms with Gasteiger partial charge in [0.1, 0.15) is 0 Å². The van der Waals surface area contributed by atoms with Crippen molar-refractivity contribution in [2.24, 2.45) is 5.10 Å². The topological polar surface area (TPSA) is 100 Å². The van der Waals surface area contributed by atoms with Crippen LogP contribution in [0.3, 0.4) is 0 Å². The third kappa shape index (κ3) is 5.15. The summed E-state index contributed by atoms with van der Waals surface area (Å²) >= 11 is 6.02. The summed E-state index contributed by atoms with van der Waals surface area (Å²) in [5.74, 6) is -0.437. The predicted molar refractivity (Wildman–Crippen MR) is 116 cm³/mol. The van der Waals surface area contributed by atoms with E-state index in [-0.39, 0.29) is 11.7 Å². The van der Waals surface area contributed by atoms with Crippen molar-refractivity contribution in [1.29, 1.82) is 0 Å². The van der Waals surface area contributed by atoms with Crippen LogP contribution in [0, 0.1) is 0 Å². The van der Waals surface area contributed by atoms with Gasteiger partial charge in [-0.1, -0.05) is 23.7 Å². The molecule has 3 N–H and O–H groups in total. The van der Waals surface area contributed by atoms with E-state index < -0.39 is 5.91 Å². The molecule has 0 heterocycles. The molecule has 0 saturated heterocycles. The number of anilines is 1. The number of phenolic OH excluding ortho intramolecular Hbond substituents is 1. The van der Waals surface area contributed by atoms with E-state index in [4.69, 9.17) is 16.3 Å². The lowest BCUT2D eigenvalue weighted by Gasteiger charge is -2.07. The quantitative estimate of drug-likeness (QED) is 0.411. The molecule has 8 heteroatoms. The molecule has 0 aromatic heterocycles. The van der Waals surface area contributed by atoms with Crippen LogP contribution in [0.1, 0.15) is 26.3 Å². The molecule has 0 aliphatic heterocycles. The van der Waals surface area contributed by atoms with E-state index in [9.17, 15) is 14.7 Å². The Kier molecular flexibility index (Phi) is 6.67. The Morgan fingerprint density at radius 2 is 1.77 bits per heavy atom. The van der Waals surface area contributed by atoms with Crippen molar-refractivity contribution in [1.82, 2.24) is 5.43 Å². The summed E-state index contributed by atoms with van der Waals surface area (Å²) in [6, 6.07) is 17.8. The van der Waals surface area contributed by atoms with Gasteiger partial charge in [0.2, 0.25) is 0 Å². The molecule has 0 aliphatic rings. The number of carbonyl (C=O) groups is 2. The molecule has 7 nitrogen and oxygen atoms in total. The van der Waals surface area contributed by atoms with Gasteiger partial charge in [0.05, 0.1) is 23.9 Å². The molecule has 0 saturated carbocycles. The Balaban J connectivity index is 1.60. The Labute approximate surface area is 178 Å². The third-order valence-corrected chi connectivity index (χ3v) is 4.44. The van der Waals surface area contributed by atoms with Gasteiger partial charge in [-0.15, -0.1) is 0 Å². The van der Waals surface area contributed by atoms with Gasteiger partial charge in [0.15, 0.2) is 11.5 Å². The van der Waals surface area contributed by atoms with E-state index in [1.165, 1.54) is 19.4 Å². The highest BCUT2D eigenvalue weighted by Gasteiger charge is 2.10. The number of methoxy groups -OCH3 is 1. The highest BCUT2D eigenvalue weighted by atomic mass is 35.5. The molecule has 0 radical (unpaired) electrons. The van der Waals surface area contributed by atoms with Gasteiger partial charge in [0, 0.05) is 11.3 Å². The zero-order chi connectivity index (χ0) is 21.5. The second-order valence-electron chi connectivity index (χ2n) is 6.14. The first-order chi connectivity index (χ1) is 14.5. The second-order valence-corrected chi connectivity index (χ2v) is 6.55. The number of halogens is 1. The Morgan fingerprint density at radius 3 is 2.47 bits per heavy atom. The van der Waals surface area contributed by atoms with Crippen LogP contribution in [0.2, 0.25) is 5.02 Å². The van der Waals surface area contributed by atoms with Crippen molar-refractivity contribution < 1.29 is 19.4 Å². The number of nitrogens with one attached hydrogen (secondary N) is 2. The van der Waals surface area contributed by atoms with Crippen LogP contribution < -0.4 is 15.5 Å². The summed E-state index contributed by atoms with van der Waals surface area (Å²) in [7, 11) is 1.44. The second kappa shape index (κ2) is 9.58. The molecule has 0 spiro atoms. The number of hydrazone groups is 1. The molecule has 0 unspecified atom stereocenters. The largest absolute Gasteiger partial charge is 0.504 e. The molecule has 0 fully saturated rings. The summed E-state index contributed by atoms with van der Waals surface area (Å²) in [6.45, 7) is 0. The lowest BCUT2D eigenvalue weighted by Crippen LogP contribution is -2.18. The molecule has 0 atom stereocenters. The van der Waals surface area contributed by atoms with Gasteiger partial charge in [-0.05, 0) is 60.2 Å². The molecule has 3 aromatic carbocycles. The predicted octanol–water partition coefficient (Wildman–Crippen LogP) is 4.07. The number of benzene rings is 3.